The summed E-state index contributed by atoms with van der Waals surface area (Å²) in [5.74, 6) is 0.530. The van der Waals surface area contributed by atoms with Gasteiger partial charge in [0.2, 0.25) is 0 Å². The van der Waals surface area contributed by atoms with Gasteiger partial charge >= 0.3 is 0 Å². The molecule has 1 aromatic carbocycles. The van der Waals surface area contributed by atoms with Crippen LogP contribution in [0.2, 0.25) is 0 Å². The number of thiophene rings is 1. The van der Waals surface area contributed by atoms with E-state index in [9.17, 15) is 4.79 Å². The lowest BCUT2D eigenvalue weighted by atomic mass is 10.2. The van der Waals surface area contributed by atoms with E-state index in [2.05, 4.69) is 16.4 Å². The summed E-state index contributed by atoms with van der Waals surface area (Å²) in [6.07, 6.45) is 3.04. The van der Waals surface area contributed by atoms with E-state index in [1.165, 1.54) is 0 Å². The number of benzene rings is 1. The molecule has 5 heteroatoms. The molecule has 1 atom stereocenters. The van der Waals surface area contributed by atoms with Gasteiger partial charge in [0.1, 0.15) is 5.75 Å². The van der Waals surface area contributed by atoms with E-state index in [-0.39, 0.29) is 5.91 Å². The van der Waals surface area contributed by atoms with Gasteiger partial charge in [-0.1, -0.05) is 24.3 Å². The van der Waals surface area contributed by atoms with Crippen LogP contribution in [-0.4, -0.2) is 17.0 Å². The van der Waals surface area contributed by atoms with Gasteiger partial charge in [-0.2, -0.15) is 0 Å². The fourth-order valence-corrected chi connectivity index (χ4v) is 2.96. The fraction of sp³-hybridized carbons (Fsp3) is 0.158. The first kappa shape index (κ1) is 16.2. The molecule has 0 unspecified atom stereocenters. The van der Waals surface area contributed by atoms with Gasteiger partial charge in [-0.3, -0.25) is 9.78 Å². The molecule has 122 valence electrons. The SMILES string of the molecule is C[C@@H](Oc1ccccc1)C(=O)NCc1cncc(-c2cccs2)c1. The van der Waals surface area contributed by atoms with E-state index in [0.717, 1.165) is 16.0 Å². The minimum absolute atomic E-state index is 0.152. The zero-order valence-corrected chi connectivity index (χ0v) is 14.1. The van der Waals surface area contributed by atoms with Gasteiger partial charge in [0.15, 0.2) is 6.10 Å². The number of pyridine rings is 1. The predicted octanol–water partition coefficient (Wildman–Crippen LogP) is 3.89. The maximum Gasteiger partial charge on any atom is 0.261 e. The zero-order chi connectivity index (χ0) is 16.8. The van der Waals surface area contributed by atoms with Gasteiger partial charge in [0.05, 0.1) is 0 Å². The van der Waals surface area contributed by atoms with Crippen molar-refractivity contribution in [2.75, 3.05) is 0 Å². The predicted molar refractivity (Wildman–Crippen MR) is 95.9 cm³/mol. The molecule has 0 fully saturated rings. The van der Waals surface area contributed by atoms with Crippen molar-refractivity contribution in [3.8, 4) is 16.2 Å². The molecule has 3 aromatic rings. The Morgan fingerprint density at radius 1 is 1.21 bits per heavy atom. The van der Waals surface area contributed by atoms with Gasteiger partial charge in [0, 0.05) is 29.4 Å². The minimum Gasteiger partial charge on any atom is -0.481 e. The molecule has 1 amide bonds. The molecule has 0 aliphatic carbocycles. The van der Waals surface area contributed by atoms with Crippen molar-refractivity contribution in [1.29, 1.82) is 0 Å². The highest BCUT2D eigenvalue weighted by Crippen LogP contribution is 2.24. The van der Waals surface area contributed by atoms with Crippen LogP contribution in [0.5, 0.6) is 5.75 Å². The first-order valence-electron chi connectivity index (χ1n) is 7.69. The van der Waals surface area contributed by atoms with Gasteiger partial charge in [-0.25, -0.2) is 0 Å². The molecule has 24 heavy (non-hydrogen) atoms. The smallest absolute Gasteiger partial charge is 0.261 e. The number of aromatic nitrogens is 1. The van der Waals surface area contributed by atoms with Crippen LogP contribution in [-0.2, 0) is 11.3 Å². The molecule has 3 rings (SSSR count). The third kappa shape index (κ3) is 4.20. The Morgan fingerprint density at radius 2 is 2.04 bits per heavy atom. The fourth-order valence-electron chi connectivity index (χ4n) is 2.25. The highest BCUT2D eigenvalue weighted by atomic mass is 32.1. The van der Waals surface area contributed by atoms with Crippen LogP contribution in [0.1, 0.15) is 12.5 Å². The average molecular weight is 338 g/mol. The molecule has 0 aliphatic heterocycles. The van der Waals surface area contributed by atoms with Crippen molar-refractivity contribution in [3.63, 3.8) is 0 Å². The Morgan fingerprint density at radius 3 is 2.79 bits per heavy atom. The lowest BCUT2D eigenvalue weighted by Crippen LogP contribution is -2.35. The highest BCUT2D eigenvalue weighted by molar-refractivity contribution is 7.13. The van der Waals surface area contributed by atoms with Crippen LogP contribution in [0.4, 0.5) is 0 Å². The van der Waals surface area contributed by atoms with E-state index in [1.807, 2.05) is 54.0 Å². The number of para-hydroxylation sites is 1. The van der Waals surface area contributed by atoms with Crippen molar-refractivity contribution in [2.45, 2.75) is 19.6 Å². The molecule has 2 heterocycles. The maximum atomic E-state index is 12.2. The lowest BCUT2D eigenvalue weighted by molar-refractivity contribution is -0.127. The molecule has 4 nitrogen and oxygen atoms in total. The van der Waals surface area contributed by atoms with Crippen molar-refractivity contribution >= 4 is 17.2 Å². The van der Waals surface area contributed by atoms with Crippen molar-refractivity contribution in [2.24, 2.45) is 0 Å². The van der Waals surface area contributed by atoms with Crippen molar-refractivity contribution in [1.82, 2.24) is 10.3 Å². The van der Waals surface area contributed by atoms with Gasteiger partial charge in [-0.15, -0.1) is 11.3 Å². The number of ether oxygens (including phenoxy) is 1. The molecule has 1 N–H and O–H groups in total. The molecule has 0 saturated heterocycles. The van der Waals surface area contributed by atoms with E-state index >= 15 is 0 Å². The third-order valence-electron chi connectivity index (χ3n) is 3.49. The summed E-state index contributed by atoms with van der Waals surface area (Å²) in [6, 6.07) is 15.4. The average Bonchev–Trinajstić information content (AvgIpc) is 3.15. The van der Waals surface area contributed by atoms with E-state index in [0.29, 0.717) is 12.3 Å². The van der Waals surface area contributed by atoms with Crippen LogP contribution < -0.4 is 10.1 Å². The molecule has 0 spiro atoms. The second kappa shape index (κ2) is 7.75. The van der Waals surface area contributed by atoms with Crippen LogP contribution in [0.15, 0.2) is 66.3 Å². The third-order valence-corrected chi connectivity index (χ3v) is 4.41. The van der Waals surface area contributed by atoms with Crippen LogP contribution in [0.3, 0.4) is 0 Å². The molecule has 0 bridgehead atoms. The summed E-state index contributed by atoms with van der Waals surface area (Å²) in [7, 11) is 0. The highest BCUT2D eigenvalue weighted by Gasteiger charge is 2.14. The van der Waals surface area contributed by atoms with Gasteiger partial charge in [0.25, 0.3) is 5.91 Å². The second-order valence-electron chi connectivity index (χ2n) is 5.35. The van der Waals surface area contributed by atoms with Crippen LogP contribution in [0, 0.1) is 0 Å². The number of carbonyl (C=O) groups excluding carboxylic acids is 1. The van der Waals surface area contributed by atoms with E-state index in [1.54, 1.807) is 24.5 Å². The van der Waals surface area contributed by atoms with Gasteiger partial charge in [-0.05, 0) is 42.1 Å². The first-order chi connectivity index (χ1) is 11.7. The van der Waals surface area contributed by atoms with E-state index in [4.69, 9.17) is 4.74 Å². The largest absolute Gasteiger partial charge is 0.481 e. The number of nitrogens with zero attached hydrogens (tertiary/aromatic N) is 1. The molecule has 2 aromatic heterocycles. The zero-order valence-electron chi connectivity index (χ0n) is 13.3. The molecule has 0 radical (unpaired) electrons. The monoisotopic (exact) mass is 338 g/mol. The Balaban J connectivity index is 1.57. The number of nitrogens with one attached hydrogen (secondary N) is 1. The summed E-state index contributed by atoms with van der Waals surface area (Å²) in [5.41, 5.74) is 2.02. The first-order valence-corrected chi connectivity index (χ1v) is 8.57. The van der Waals surface area contributed by atoms with Gasteiger partial charge < -0.3 is 10.1 Å². The molecular weight excluding hydrogens is 320 g/mol. The minimum atomic E-state index is -0.555. The Hall–Kier alpha value is -2.66. The van der Waals surface area contributed by atoms with Crippen LogP contribution >= 0.6 is 11.3 Å². The van der Waals surface area contributed by atoms with Crippen molar-refractivity contribution < 1.29 is 9.53 Å². The molecule has 0 saturated carbocycles. The standard InChI is InChI=1S/C19H18N2O2S/c1-14(23-17-6-3-2-4-7-17)19(22)21-12-15-10-16(13-20-11-15)18-8-5-9-24-18/h2-11,13-14H,12H2,1H3,(H,21,22)/t14-/m1/s1. The second-order valence-corrected chi connectivity index (χ2v) is 6.30. The number of amides is 1. The Labute approximate surface area is 145 Å². The molecular formula is C19H18N2O2S. The molecule has 0 aliphatic rings. The van der Waals surface area contributed by atoms with Crippen LogP contribution in [0.25, 0.3) is 10.4 Å². The summed E-state index contributed by atoms with van der Waals surface area (Å²) in [4.78, 5) is 17.6. The summed E-state index contributed by atoms with van der Waals surface area (Å²) < 4.78 is 5.62. The summed E-state index contributed by atoms with van der Waals surface area (Å²) in [5, 5.41) is 4.93. The van der Waals surface area contributed by atoms with E-state index < -0.39 is 6.10 Å². The van der Waals surface area contributed by atoms with Crippen molar-refractivity contribution in [3.05, 3.63) is 71.9 Å². The normalized spacial score (nSPS) is 11.7. The summed E-state index contributed by atoms with van der Waals surface area (Å²) >= 11 is 1.67. The summed E-state index contributed by atoms with van der Waals surface area (Å²) in [6.45, 7) is 2.16. The number of hydrogen-bond acceptors (Lipinski definition) is 4. The number of hydrogen-bond donors (Lipinski definition) is 1. The quantitative estimate of drug-likeness (QED) is 0.742. The Kier molecular flexibility index (Phi) is 5.23. The number of rotatable bonds is 6. The lowest BCUT2D eigenvalue weighted by Gasteiger charge is -2.14. The number of carbonyl (C=O) groups is 1. The Bertz CT molecular complexity index is 788. The topological polar surface area (TPSA) is 51.2 Å². The maximum absolute atomic E-state index is 12.2.